The van der Waals surface area contributed by atoms with E-state index in [1.165, 1.54) is 7.11 Å². The molecular formula is C10H13BrO2. The fourth-order valence-corrected chi connectivity index (χ4v) is 1.76. The minimum atomic E-state index is -0.485. The van der Waals surface area contributed by atoms with Gasteiger partial charge in [0.1, 0.15) is 0 Å². The van der Waals surface area contributed by atoms with E-state index in [1.807, 2.05) is 32.1 Å². The number of esters is 1. The molecule has 0 aromatic heterocycles. The summed E-state index contributed by atoms with van der Waals surface area (Å²) in [5.41, 5.74) is -0.485. The second kappa shape index (κ2) is 3.66. The largest absolute Gasteiger partial charge is 0.469 e. The van der Waals surface area contributed by atoms with Gasteiger partial charge in [-0.1, -0.05) is 34.2 Å². The number of carbonyl (C=O) groups excluding carboxylic acids is 1. The van der Waals surface area contributed by atoms with Gasteiger partial charge in [0.25, 0.3) is 0 Å². The van der Waals surface area contributed by atoms with E-state index in [9.17, 15) is 4.79 Å². The molecule has 1 unspecified atom stereocenters. The van der Waals surface area contributed by atoms with Crippen LogP contribution in [-0.4, -0.2) is 13.1 Å². The molecule has 3 heteroatoms. The third-order valence-electron chi connectivity index (χ3n) is 2.35. The molecule has 0 bridgehead atoms. The standard InChI is InChI=1S/C10H13BrO2/c1-10(2,9(12)13-3)7-4-5-8(11)6-7/h4-7H,1-3H3. The summed E-state index contributed by atoms with van der Waals surface area (Å²) >= 11 is 3.36. The number of methoxy groups -OCH3 is 1. The molecule has 0 aromatic rings. The van der Waals surface area contributed by atoms with Gasteiger partial charge in [0, 0.05) is 10.4 Å². The number of hydrogen-bond donors (Lipinski definition) is 0. The Morgan fingerprint density at radius 3 is 2.62 bits per heavy atom. The normalized spacial score (nSPS) is 21.5. The molecule has 13 heavy (non-hydrogen) atoms. The maximum Gasteiger partial charge on any atom is 0.312 e. The van der Waals surface area contributed by atoms with E-state index in [0.717, 1.165) is 4.48 Å². The van der Waals surface area contributed by atoms with Gasteiger partial charge in [-0.15, -0.1) is 0 Å². The zero-order chi connectivity index (χ0) is 10.1. The van der Waals surface area contributed by atoms with Crippen LogP contribution in [0.1, 0.15) is 13.8 Å². The summed E-state index contributed by atoms with van der Waals surface area (Å²) in [4.78, 5) is 11.4. The fourth-order valence-electron chi connectivity index (χ4n) is 1.33. The molecule has 0 spiro atoms. The maximum atomic E-state index is 11.4. The molecule has 0 aliphatic heterocycles. The first-order chi connectivity index (χ1) is 5.98. The summed E-state index contributed by atoms with van der Waals surface area (Å²) in [6.07, 6.45) is 5.97. The van der Waals surface area contributed by atoms with Crippen molar-refractivity contribution in [1.29, 1.82) is 0 Å². The molecule has 1 rings (SSSR count). The lowest BCUT2D eigenvalue weighted by atomic mass is 9.80. The number of ether oxygens (including phenoxy) is 1. The third-order valence-corrected chi connectivity index (χ3v) is 2.88. The van der Waals surface area contributed by atoms with Gasteiger partial charge in [-0.2, -0.15) is 0 Å². The topological polar surface area (TPSA) is 26.3 Å². The molecular weight excluding hydrogens is 232 g/mol. The van der Waals surface area contributed by atoms with E-state index in [0.29, 0.717) is 0 Å². The van der Waals surface area contributed by atoms with Crippen LogP contribution in [0.4, 0.5) is 0 Å². The van der Waals surface area contributed by atoms with Gasteiger partial charge in [0.15, 0.2) is 0 Å². The zero-order valence-corrected chi connectivity index (χ0v) is 9.59. The van der Waals surface area contributed by atoms with Crippen molar-refractivity contribution in [2.24, 2.45) is 11.3 Å². The Balaban J connectivity index is 2.83. The molecule has 0 amide bonds. The molecule has 2 nitrogen and oxygen atoms in total. The van der Waals surface area contributed by atoms with E-state index in [2.05, 4.69) is 15.9 Å². The highest BCUT2D eigenvalue weighted by atomic mass is 79.9. The Kier molecular flexibility index (Phi) is 2.96. The highest BCUT2D eigenvalue weighted by Gasteiger charge is 2.36. The van der Waals surface area contributed by atoms with Gasteiger partial charge in [-0.3, -0.25) is 4.79 Å². The van der Waals surface area contributed by atoms with Crippen molar-refractivity contribution in [3.63, 3.8) is 0 Å². The average molecular weight is 245 g/mol. The zero-order valence-electron chi connectivity index (χ0n) is 8.00. The maximum absolute atomic E-state index is 11.4. The molecule has 0 aromatic carbocycles. The molecule has 0 fully saturated rings. The first kappa shape index (κ1) is 10.5. The fraction of sp³-hybridized carbons (Fsp3) is 0.500. The van der Waals surface area contributed by atoms with Crippen LogP contribution in [0.2, 0.25) is 0 Å². The summed E-state index contributed by atoms with van der Waals surface area (Å²) in [5.74, 6) is -0.0603. The highest BCUT2D eigenvalue weighted by Crippen LogP contribution is 2.35. The summed E-state index contributed by atoms with van der Waals surface area (Å²) in [7, 11) is 1.42. The predicted octanol–water partition coefficient (Wildman–Crippen LogP) is 2.65. The molecule has 0 N–H and O–H groups in total. The molecule has 72 valence electrons. The Labute approximate surface area is 86.8 Å². The number of halogens is 1. The number of allylic oxidation sites excluding steroid dienone is 4. The molecule has 0 saturated carbocycles. The first-order valence-electron chi connectivity index (χ1n) is 4.12. The van der Waals surface area contributed by atoms with Gasteiger partial charge < -0.3 is 4.74 Å². The molecule has 1 aliphatic rings. The lowest BCUT2D eigenvalue weighted by Crippen LogP contribution is -2.31. The van der Waals surface area contributed by atoms with E-state index in [-0.39, 0.29) is 11.9 Å². The van der Waals surface area contributed by atoms with Crippen molar-refractivity contribution in [2.45, 2.75) is 13.8 Å². The Morgan fingerprint density at radius 2 is 2.23 bits per heavy atom. The monoisotopic (exact) mass is 244 g/mol. The van der Waals surface area contributed by atoms with Crippen LogP contribution in [-0.2, 0) is 9.53 Å². The summed E-state index contributed by atoms with van der Waals surface area (Å²) < 4.78 is 5.77. The van der Waals surface area contributed by atoms with Crippen LogP contribution in [0.25, 0.3) is 0 Å². The Hall–Kier alpha value is -0.570. The van der Waals surface area contributed by atoms with Gasteiger partial charge in [-0.05, 0) is 13.8 Å². The second-order valence-electron chi connectivity index (χ2n) is 3.65. The van der Waals surface area contributed by atoms with E-state index >= 15 is 0 Å². The first-order valence-corrected chi connectivity index (χ1v) is 4.91. The van der Waals surface area contributed by atoms with Gasteiger partial charge in [-0.25, -0.2) is 0 Å². The van der Waals surface area contributed by atoms with Crippen LogP contribution < -0.4 is 0 Å². The van der Waals surface area contributed by atoms with E-state index in [4.69, 9.17) is 4.74 Å². The predicted molar refractivity (Wildman–Crippen MR) is 55.4 cm³/mol. The smallest absolute Gasteiger partial charge is 0.312 e. The molecule has 0 saturated heterocycles. The lowest BCUT2D eigenvalue weighted by molar-refractivity contribution is -0.152. The minimum absolute atomic E-state index is 0.120. The summed E-state index contributed by atoms with van der Waals surface area (Å²) in [6, 6.07) is 0. The third kappa shape index (κ3) is 2.02. The van der Waals surface area contributed by atoms with E-state index in [1.54, 1.807) is 0 Å². The lowest BCUT2D eigenvalue weighted by Gasteiger charge is -2.25. The van der Waals surface area contributed by atoms with Gasteiger partial charge >= 0.3 is 5.97 Å². The number of rotatable bonds is 2. The minimum Gasteiger partial charge on any atom is -0.469 e. The van der Waals surface area contributed by atoms with Gasteiger partial charge in [0.2, 0.25) is 0 Å². The quantitative estimate of drug-likeness (QED) is 0.699. The highest BCUT2D eigenvalue weighted by molar-refractivity contribution is 9.11. The van der Waals surface area contributed by atoms with Crippen molar-refractivity contribution < 1.29 is 9.53 Å². The van der Waals surface area contributed by atoms with Crippen LogP contribution in [0.15, 0.2) is 22.7 Å². The van der Waals surface area contributed by atoms with Crippen molar-refractivity contribution in [1.82, 2.24) is 0 Å². The van der Waals surface area contributed by atoms with Crippen molar-refractivity contribution in [2.75, 3.05) is 7.11 Å². The van der Waals surface area contributed by atoms with Crippen LogP contribution >= 0.6 is 15.9 Å². The van der Waals surface area contributed by atoms with Crippen molar-refractivity contribution in [3.05, 3.63) is 22.7 Å². The number of carbonyl (C=O) groups is 1. The average Bonchev–Trinajstić information content (AvgIpc) is 2.50. The molecule has 0 heterocycles. The summed E-state index contributed by atoms with van der Waals surface area (Å²) in [6.45, 7) is 3.77. The van der Waals surface area contributed by atoms with Crippen LogP contribution in [0.3, 0.4) is 0 Å². The SMILES string of the molecule is COC(=O)C(C)(C)C1C=CC(Br)=C1. The van der Waals surface area contributed by atoms with Crippen LogP contribution in [0, 0.1) is 11.3 Å². The second-order valence-corrected chi connectivity index (χ2v) is 4.57. The molecule has 1 aliphatic carbocycles. The molecule has 1 atom stereocenters. The van der Waals surface area contributed by atoms with Gasteiger partial charge in [0.05, 0.1) is 12.5 Å². The number of hydrogen-bond acceptors (Lipinski definition) is 2. The van der Waals surface area contributed by atoms with E-state index < -0.39 is 5.41 Å². The van der Waals surface area contributed by atoms with Crippen LogP contribution in [0.5, 0.6) is 0 Å². The Morgan fingerprint density at radius 1 is 1.62 bits per heavy atom. The van der Waals surface area contributed by atoms with Crippen molar-refractivity contribution in [3.8, 4) is 0 Å². The van der Waals surface area contributed by atoms with Crippen molar-refractivity contribution >= 4 is 21.9 Å². The summed E-state index contributed by atoms with van der Waals surface area (Å²) in [5, 5.41) is 0. The molecule has 0 radical (unpaired) electrons. The Bertz CT molecular complexity index is 277.